The van der Waals surface area contributed by atoms with Crippen molar-refractivity contribution in [1.29, 1.82) is 0 Å². The van der Waals surface area contributed by atoms with E-state index >= 15 is 0 Å². The van der Waals surface area contributed by atoms with Crippen LogP contribution in [0.25, 0.3) is 0 Å². The molecule has 0 aromatic carbocycles. The van der Waals surface area contributed by atoms with Gasteiger partial charge in [0.2, 0.25) is 0 Å². The van der Waals surface area contributed by atoms with E-state index in [0.29, 0.717) is 18.6 Å². The molecule has 1 heterocycles. The van der Waals surface area contributed by atoms with Crippen LogP contribution in [0.2, 0.25) is 0 Å². The number of guanidine groups is 1. The lowest BCUT2D eigenvalue weighted by atomic mass is 10.2. The molecule has 132 valence electrons. The fourth-order valence-electron chi connectivity index (χ4n) is 2.64. The number of rotatable bonds is 9. The van der Waals surface area contributed by atoms with Gasteiger partial charge in [-0.05, 0) is 47.1 Å². The number of nitrogens with one attached hydrogen (secondary N) is 2. The fraction of sp³-hybridized carbons (Fsp3) is 0.765. The van der Waals surface area contributed by atoms with Crippen molar-refractivity contribution in [2.45, 2.75) is 59.7 Å². The van der Waals surface area contributed by atoms with Crippen LogP contribution in [0.5, 0.6) is 0 Å². The van der Waals surface area contributed by atoms with Gasteiger partial charge in [0.25, 0.3) is 0 Å². The fourth-order valence-corrected chi connectivity index (χ4v) is 2.64. The minimum Gasteiger partial charge on any atom is -0.357 e. The van der Waals surface area contributed by atoms with Crippen molar-refractivity contribution in [3.63, 3.8) is 0 Å². The van der Waals surface area contributed by atoms with Gasteiger partial charge >= 0.3 is 0 Å². The van der Waals surface area contributed by atoms with E-state index in [1.54, 1.807) is 6.20 Å². The smallest absolute Gasteiger partial charge is 0.191 e. The zero-order chi connectivity index (χ0) is 17.2. The topological polar surface area (TPSA) is 57.5 Å². The molecule has 2 N–H and O–H groups in total. The SMILES string of the molecule is CCNC(=NCc1ccnn1C)NCCCN(C(C)C)C(C)C. The van der Waals surface area contributed by atoms with Gasteiger partial charge in [-0.3, -0.25) is 9.58 Å². The molecule has 0 saturated carbocycles. The zero-order valence-electron chi connectivity index (χ0n) is 15.6. The molecular weight excluding hydrogens is 288 g/mol. The third-order valence-corrected chi connectivity index (χ3v) is 3.88. The Morgan fingerprint density at radius 1 is 1.26 bits per heavy atom. The third-order valence-electron chi connectivity index (χ3n) is 3.88. The van der Waals surface area contributed by atoms with Crippen molar-refractivity contribution >= 4 is 5.96 Å². The summed E-state index contributed by atoms with van der Waals surface area (Å²) in [6.07, 6.45) is 2.91. The second kappa shape index (κ2) is 10.3. The van der Waals surface area contributed by atoms with Crippen LogP contribution in [-0.4, -0.2) is 52.4 Å². The molecule has 0 aliphatic rings. The van der Waals surface area contributed by atoms with Crippen LogP contribution in [0.3, 0.4) is 0 Å². The molecule has 0 aliphatic heterocycles. The first-order valence-electron chi connectivity index (χ1n) is 8.70. The van der Waals surface area contributed by atoms with Gasteiger partial charge in [-0.25, -0.2) is 4.99 Å². The Hall–Kier alpha value is -1.56. The number of nitrogens with zero attached hydrogens (tertiary/aromatic N) is 4. The van der Waals surface area contributed by atoms with Crippen molar-refractivity contribution in [3.05, 3.63) is 18.0 Å². The molecule has 0 unspecified atom stereocenters. The van der Waals surface area contributed by atoms with E-state index in [1.807, 2.05) is 17.8 Å². The van der Waals surface area contributed by atoms with Gasteiger partial charge in [0, 0.05) is 45.0 Å². The molecule has 0 spiro atoms. The summed E-state index contributed by atoms with van der Waals surface area (Å²) in [5.74, 6) is 0.870. The van der Waals surface area contributed by atoms with Gasteiger partial charge in [-0.2, -0.15) is 5.10 Å². The summed E-state index contributed by atoms with van der Waals surface area (Å²) in [7, 11) is 1.94. The van der Waals surface area contributed by atoms with Crippen LogP contribution < -0.4 is 10.6 Å². The first-order valence-corrected chi connectivity index (χ1v) is 8.70. The zero-order valence-corrected chi connectivity index (χ0v) is 15.6. The maximum atomic E-state index is 4.62. The van der Waals surface area contributed by atoms with E-state index in [2.05, 4.69) is 60.2 Å². The van der Waals surface area contributed by atoms with E-state index in [4.69, 9.17) is 0 Å². The maximum Gasteiger partial charge on any atom is 0.191 e. The van der Waals surface area contributed by atoms with Gasteiger partial charge < -0.3 is 10.6 Å². The first-order chi connectivity index (χ1) is 11.0. The molecule has 0 bridgehead atoms. The average Bonchev–Trinajstić information content (AvgIpc) is 2.88. The number of aliphatic imine (C=N–C) groups is 1. The van der Waals surface area contributed by atoms with E-state index in [-0.39, 0.29) is 0 Å². The van der Waals surface area contributed by atoms with E-state index in [1.165, 1.54) is 0 Å². The Kier molecular flexibility index (Phi) is 8.69. The lowest BCUT2D eigenvalue weighted by molar-refractivity contribution is 0.173. The Morgan fingerprint density at radius 2 is 1.96 bits per heavy atom. The predicted octanol–water partition coefficient (Wildman–Crippen LogP) is 1.98. The number of hydrogen-bond acceptors (Lipinski definition) is 3. The molecule has 0 atom stereocenters. The molecule has 6 heteroatoms. The van der Waals surface area contributed by atoms with Crippen molar-refractivity contribution in [2.75, 3.05) is 19.6 Å². The predicted molar refractivity (Wildman–Crippen MR) is 97.6 cm³/mol. The number of aromatic nitrogens is 2. The van der Waals surface area contributed by atoms with Gasteiger partial charge in [-0.1, -0.05) is 0 Å². The summed E-state index contributed by atoms with van der Waals surface area (Å²) < 4.78 is 1.86. The maximum absolute atomic E-state index is 4.62. The Labute approximate surface area is 141 Å². The number of aryl methyl sites for hydroxylation is 1. The second-order valence-electron chi connectivity index (χ2n) is 6.35. The third kappa shape index (κ3) is 7.03. The summed E-state index contributed by atoms with van der Waals surface area (Å²) in [5.41, 5.74) is 1.10. The van der Waals surface area contributed by atoms with E-state index in [9.17, 15) is 0 Å². The molecular formula is C17H34N6. The summed E-state index contributed by atoms with van der Waals surface area (Å²) in [5, 5.41) is 10.9. The van der Waals surface area contributed by atoms with E-state index < -0.39 is 0 Å². The number of hydrogen-bond donors (Lipinski definition) is 2. The van der Waals surface area contributed by atoms with E-state index in [0.717, 1.165) is 37.7 Å². The van der Waals surface area contributed by atoms with Gasteiger partial charge in [0.1, 0.15) is 0 Å². The molecule has 0 saturated heterocycles. The van der Waals surface area contributed by atoms with Gasteiger partial charge in [0.05, 0.1) is 12.2 Å². The van der Waals surface area contributed by atoms with Crippen LogP contribution in [0.15, 0.2) is 17.3 Å². The highest BCUT2D eigenvalue weighted by Crippen LogP contribution is 2.05. The first kappa shape index (κ1) is 19.5. The highest BCUT2D eigenvalue weighted by molar-refractivity contribution is 5.79. The molecule has 0 fully saturated rings. The molecule has 1 aromatic heterocycles. The largest absolute Gasteiger partial charge is 0.357 e. The minimum absolute atomic E-state index is 0.585. The van der Waals surface area contributed by atoms with Crippen molar-refractivity contribution in [1.82, 2.24) is 25.3 Å². The minimum atomic E-state index is 0.585. The lowest BCUT2D eigenvalue weighted by Crippen LogP contribution is -2.41. The highest BCUT2D eigenvalue weighted by Gasteiger charge is 2.12. The molecule has 0 aliphatic carbocycles. The molecule has 1 aromatic rings. The van der Waals surface area contributed by atoms with Crippen LogP contribution >= 0.6 is 0 Å². The molecule has 6 nitrogen and oxygen atoms in total. The monoisotopic (exact) mass is 322 g/mol. The highest BCUT2D eigenvalue weighted by atomic mass is 15.3. The van der Waals surface area contributed by atoms with Crippen LogP contribution in [0, 0.1) is 0 Å². The van der Waals surface area contributed by atoms with Crippen molar-refractivity contribution in [2.24, 2.45) is 12.0 Å². The Balaban J connectivity index is 2.42. The van der Waals surface area contributed by atoms with Crippen molar-refractivity contribution < 1.29 is 0 Å². The summed E-state index contributed by atoms with van der Waals surface area (Å²) in [6, 6.07) is 3.17. The van der Waals surface area contributed by atoms with Gasteiger partial charge in [-0.15, -0.1) is 0 Å². The van der Waals surface area contributed by atoms with Crippen molar-refractivity contribution in [3.8, 4) is 0 Å². The molecule has 0 radical (unpaired) electrons. The molecule has 1 rings (SSSR count). The molecule has 0 amide bonds. The quantitative estimate of drug-likeness (QED) is 0.415. The normalized spacial score (nSPS) is 12.5. The Bertz CT molecular complexity index is 455. The summed E-state index contributed by atoms with van der Waals surface area (Å²) in [6.45, 7) is 14.6. The van der Waals surface area contributed by atoms with Crippen LogP contribution in [0.1, 0.15) is 46.7 Å². The standard InChI is InChI=1S/C17H34N6/c1-7-18-17(20-13-16-9-11-21-22(16)6)19-10-8-12-23(14(2)3)15(4)5/h9,11,14-15H,7-8,10,12-13H2,1-6H3,(H2,18,19,20). The van der Waals surface area contributed by atoms with Crippen LogP contribution in [0.4, 0.5) is 0 Å². The van der Waals surface area contributed by atoms with Gasteiger partial charge in [0.15, 0.2) is 5.96 Å². The lowest BCUT2D eigenvalue weighted by Gasteiger charge is -2.30. The summed E-state index contributed by atoms with van der Waals surface area (Å²) in [4.78, 5) is 7.14. The average molecular weight is 323 g/mol. The molecule has 23 heavy (non-hydrogen) atoms. The van der Waals surface area contributed by atoms with Crippen LogP contribution in [-0.2, 0) is 13.6 Å². The summed E-state index contributed by atoms with van der Waals surface area (Å²) >= 11 is 0. The second-order valence-corrected chi connectivity index (χ2v) is 6.35. The Morgan fingerprint density at radius 3 is 2.48 bits per heavy atom.